The molecule has 10 unspecified atom stereocenters. The van der Waals surface area contributed by atoms with Crippen LogP contribution in [0.3, 0.4) is 0 Å². The second-order valence-corrected chi connectivity index (χ2v) is 43.7. The Morgan fingerprint density at radius 3 is 1.19 bits per heavy atom. The van der Waals surface area contributed by atoms with E-state index in [1.807, 2.05) is 0 Å². The van der Waals surface area contributed by atoms with Gasteiger partial charge in [-0.25, -0.2) is 13.6 Å². The number of aryl methyl sites for hydroxylation is 1. The maximum absolute atomic E-state index is 13.1. The lowest BCUT2D eigenvalue weighted by Crippen LogP contribution is -2.50. The molecule has 0 radical (unpaired) electrons. The molecule has 0 spiro atoms. The van der Waals surface area contributed by atoms with Crippen molar-refractivity contribution in [2.45, 2.75) is 267 Å². The zero-order valence-electron chi connectivity index (χ0n) is 71.9. The first kappa shape index (κ1) is 91.7. The summed E-state index contributed by atoms with van der Waals surface area (Å²) < 4.78 is 102. The van der Waals surface area contributed by atoms with Crippen molar-refractivity contribution in [3.05, 3.63) is 272 Å². The van der Waals surface area contributed by atoms with Crippen LogP contribution in [0.1, 0.15) is 180 Å². The molecule has 10 atom stereocenters. The van der Waals surface area contributed by atoms with E-state index in [0.717, 1.165) is 101 Å². The smallest absolute Gasteiger partial charge is 0.377 e. The van der Waals surface area contributed by atoms with Crippen LogP contribution in [0.2, 0.25) is 0 Å². The standard InChI is InChI=1S/C22H34O4.C19H17S.C18H28F2O2.2C18H15S.C10H12F2O5S/c1-14-12-15-13-18(14)20(22(24)26-17-10-6-3-7-11-17)19(15)21(23)25-16-8-4-2-5-9-16;1-16-9-8-14-19(15-16)20(17-10-4-2-5-11-17)18-12-6-3-7-13-18;1-2-18(19,20)5-3-4-6-22-16(21)17-10-13-7-14(11-17)9-15(8-13)12-17;2*1-4-10-16(11-5-1)19(17-12-6-2-7-13-17)18-14-8-3-9-15-18;1-10(11,12)9(13)16-7-4-2-5-6(3-4)18(14,15)17-8(5)7/h14-20H,2-13H2,1H3;2-15H,1H3;13-15H,2-12H2,1H3;2*1-15H;4-8H,2-3H2,1H3/q;+1;;2*+1;. The van der Waals surface area contributed by atoms with E-state index in [1.54, 1.807) is 0 Å². The van der Waals surface area contributed by atoms with Gasteiger partial charge in [0.2, 0.25) is 5.92 Å². The molecule has 9 aromatic rings. The lowest BCUT2D eigenvalue weighted by Gasteiger charge is -2.55. The predicted molar refractivity (Wildman–Crippen MR) is 482 cm³/mol. The van der Waals surface area contributed by atoms with Crippen LogP contribution in [0.5, 0.6) is 0 Å². The quantitative estimate of drug-likeness (QED) is 0.0159. The minimum atomic E-state index is -3.61. The van der Waals surface area contributed by atoms with E-state index in [2.05, 4.69) is 281 Å². The van der Waals surface area contributed by atoms with Crippen molar-refractivity contribution in [3.8, 4) is 0 Å². The molecule has 10 saturated carbocycles. The number of carbonyl (C=O) groups excluding carboxylic acids is 4. The van der Waals surface area contributed by atoms with Gasteiger partial charge in [0.25, 0.3) is 10.1 Å². The predicted octanol–water partition coefficient (Wildman–Crippen LogP) is 25.0. The molecule has 1 saturated heterocycles. The summed E-state index contributed by atoms with van der Waals surface area (Å²) >= 11 is 0. The van der Waals surface area contributed by atoms with Crippen LogP contribution in [0.25, 0.3) is 0 Å². The Hall–Kier alpha value is -8.46. The lowest BCUT2D eigenvalue weighted by atomic mass is 9.49. The van der Waals surface area contributed by atoms with Crippen molar-refractivity contribution in [2.24, 2.45) is 64.6 Å². The minimum Gasteiger partial charge on any atom is -0.465 e. The second kappa shape index (κ2) is 42.9. The van der Waals surface area contributed by atoms with Crippen LogP contribution in [0.15, 0.2) is 311 Å². The van der Waals surface area contributed by atoms with E-state index in [4.69, 9.17) is 23.1 Å². The number of rotatable bonds is 22. The molecular formula is C105H121F4O11S4+3. The van der Waals surface area contributed by atoms with Gasteiger partial charge in [-0.05, 0) is 286 Å². The number of alkyl halides is 4. The molecule has 9 aromatic carbocycles. The average Bonchev–Trinajstić information content (AvgIpc) is 1.50. The molecule has 11 aliphatic rings. The third-order valence-corrected chi connectivity index (χ3v) is 35.2. The molecule has 656 valence electrons. The summed E-state index contributed by atoms with van der Waals surface area (Å²) in [7, 11) is -3.67. The number of esters is 4. The fourth-order valence-electron chi connectivity index (χ4n) is 21.2. The SMILES string of the molecule is CC(F)(F)C(=O)OC1C2CC3C1OS(=O)(=O)C3C2.CC1CC2CC1C(C(=O)OC1CCCCC1)C2C(=O)OC1CCCCC1.CCC(F)(F)CCCCOC(=O)C12CC3CC(CC(C3)C1)C2.Cc1cccc([S+](c2ccccc2)c2ccccc2)c1.c1ccc([S+](c2ccccc2)c2ccccc2)cc1.c1ccc([S+](c2ccccc2)c2ccccc2)cc1. The van der Waals surface area contributed by atoms with Crippen molar-refractivity contribution < 1.29 is 68.3 Å². The summed E-state index contributed by atoms with van der Waals surface area (Å²) in [6.45, 7) is 6.65. The summed E-state index contributed by atoms with van der Waals surface area (Å²) in [4.78, 5) is 62.0. The molecule has 10 aliphatic carbocycles. The number of hydrogen-bond acceptors (Lipinski definition) is 11. The van der Waals surface area contributed by atoms with Crippen LogP contribution in [-0.2, 0) is 85.1 Å². The third-order valence-electron chi connectivity index (χ3n) is 26.8. The number of carbonyl (C=O) groups is 4. The van der Waals surface area contributed by atoms with Gasteiger partial charge < -0.3 is 18.9 Å². The number of halogens is 4. The Balaban J connectivity index is 0.000000122. The van der Waals surface area contributed by atoms with Gasteiger partial charge in [-0.2, -0.15) is 17.2 Å². The van der Waals surface area contributed by atoms with E-state index in [1.165, 1.54) is 88.7 Å². The van der Waals surface area contributed by atoms with Crippen LogP contribution < -0.4 is 0 Å². The maximum atomic E-state index is 13.1. The van der Waals surface area contributed by atoms with Crippen LogP contribution in [0.4, 0.5) is 17.6 Å². The molecular weight excluding hydrogens is 1640 g/mol. The molecule has 0 N–H and O–H groups in total. The first-order valence-corrected chi connectivity index (χ1v) is 50.3. The van der Waals surface area contributed by atoms with Crippen LogP contribution >= 0.6 is 0 Å². The van der Waals surface area contributed by atoms with Gasteiger partial charge in [0.05, 0.1) is 61.8 Å². The molecule has 20 rings (SSSR count). The summed E-state index contributed by atoms with van der Waals surface area (Å²) in [6.07, 6.45) is 20.2. The summed E-state index contributed by atoms with van der Waals surface area (Å²) in [6, 6.07) is 94.6. The largest absolute Gasteiger partial charge is 0.465 e. The van der Waals surface area contributed by atoms with Gasteiger partial charge in [-0.3, -0.25) is 18.6 Å². The van der Waals surface area contributed by atoms with Gasteiger partial charge in [0.1, 0.15) is 24.4 Å². The third kappa shape index (κ3) is 23.5. The van der Waals surface area contributed by atoms with Crippen LogP contribution in [-0.4, -0.2) is 80.4 Å². The topological polar surface area (TPSA) is 149 Å². The van der Waals surface area contributed by atoms with E-state index in [0.29, 0.717) is 57.0 Å². The van der Waals surface area contributed by atoms with Crippen molar-refractivity contribution in [3.63, 3.8) is 0 Å². The molecule has 11 nitrogen and oxygen atoms in total. The van der Waals surface area contributed by atoms with E-state index in [9.17, 15) is 45.2 Å². The summed E-state index contributed by atoms with van der Waals surface area (Å²) in [5, 5.41) is -0.551. The Morgan fingerprint density at radius 1 is 0.444 bits per heavy atom. The molecule has 0 amide bonds. The number of ether oxygens (including phenoxy) is 4. The first-order chi connectivity index (χ1) is 60.0. The highest BCUT2D eigenvalue weighted by Crippen LogP contribution is 2.61. The Labute approximate surface area is 740 Å². The number of fused-ring (bicyclic) bond motifs is 3. The van der Waals surface area contributed by atoms with Crippen molar-refractivity contribution in [2.75, 3.05) is 6.61 Å². The normalized spacial score (nSPS) is 25.9. The zero-order chi connectivity index (χ0) is 86.8. The summed E-state index contributed by atoms with van der Waals surface area (Å²) in [5.74, 6) is -5.62. The first-order valence-electron chi connectivity index (χ1n) is 45.2. The lowest BCUT2D eigenvalue weighted by molar-refractivity contribution is -0.181. The molecule has 0 aromatic heterocycles. The van der Waals surface area contributed by atoms with E-state index >= 15 is 0 Å². The highest BCUT2D eigenvalue weighted by molar-refractivity contribution is 7.97. The van der Waals surface area contributed by atoms with Gasteiger partial charge in [-0.1, -0.05) is 184 Å². The Bertz CT molecular complexity index is 4590. The molecule has 1 aliphatic heterocycles. The fourth-order valence-corrected chi connectivity index (χ4v) is 29.5. The number of benzene rings is 9. The molecule has 124 heavy (non-hydrogen) atoms. The zero-order valence-corrected chi connectivity index (χ0v) is 75.1. The summed E-state index contributed by atoms with van der Waals surface area (Å²) in [5.41, 5.74) is 1.09. The Morgan fingerprint density at radius 2 is 0.815 bits per heavy atom. The molecule has 19 heteroatoms. The molecule has 8 bridgehead atoms. The maximum Gasteiger partial charge on any atom is 0.377 e. The van der Waals surface area contributed by atoms with Crippen molar-refractivity contribution in [1.29, 1.82) is 0 Å². The highest BCUT2D eigenvalue weighted by atomic mass is 32.2. The second-order valence-electron chi connectivity index (χ2n) is 35.8. The van der Waals surface area contributed by atoms with E-state index in [-0.39, 0.29) is 105 Å². The average molecular weight is 1760 g/mol. The highest BCUT2D eigenvalue weighted by Gasteiger charge is 2.66. The minimum absolute atomic E-state index is 0.0146. The monoisotopic (exact) mass is 1760 g/mol. The van der Waals surface area contributed by atoms with Gasteiger partial charge in [0, 0.05) is 31.6 Å². The van der Waals surface area contributed by atoms with Crippen molar-refractivity contribution in [1.82, 2.24) is 0 Å². The van der Waals surface area contributed by atoms with Gasteiger partial charge >= 0.3 is 29.8 Å². The number of hydrogen-bond donors (Lipinski definition) is 0. The number of unbranched alkanes of at least 4 members (excludes halogenated alkanes) is 1. The van der Waals surface area contributed by atoms with E-state index < -0.39 is 45.4 Å². The van der Waals surface area contributed by atoms with Crippen LogP contribution in [0, 0.1) is 71.5 Å². The molecule has 1 heterocycles. The Kier molecular flexibility index (Phi) is 31.7. The fraction of sp³-hybridized carbons (Fsp3) is 0.448. The van der Waals surface area contributed by atoms with Gasteiger partial charge in [-0.15, -0.1) is 0 Å². The van der Waals surface area contributed by atoms with Gasteiger partial charge in [0.15, 0.2) is 44.1 Å². The van der Waals surface area contributed by atoms with Crippen molar-refractivity contribution >= 4 is 66.7 Å². The molecule has 11 fully saturated rings.